The summed E-state index contributed by atoms with van der Waals surface area (Å²) >= 11 is 6.37. The van der Waals surface area contributed by atoms with E-state index in [4.69, 9.17) is 21.1 Å². The van der Waals surface area contributed by atoms with Crippen molar-refractivity contribution < 1.29 is 27.5 Å². The number of aromatic nitrogens is 4. The van der Waals surface area contributed by atoms with Crippen LogP contribution in [-0.2, 0) is 31.0 Å². The Morgan fingerprint density at radius 3 is 2.36 bits per heavy atom. The first-order valence-electron chi connectivity index (χ1n) is 13.8. The Morgan fingerprint density at radius 2 is 1.68 bits per heavy atom. The zero-order valence-corrected chi connectivity index (χ0v) is 26.4. The van der Waals surface area contributed by atoms with Crippen molar-refractivity contribution in [3.63, 3.8) is 0 Å². The third-order valence-electron chi connectivity index (χ3n) is 6.94. The molecule has 3 aromatic heterocycles. The van der Waals surface area contributed by atoms with Crippen molar-refractivity contribution in [2.24, 2.45) is 5.41 Å². The lowest BCUT2D eigenvalue weighted by Crippen LogP contribution is -2.24. The van der Waals surface area contributed by atoms with Gasteiger partial charge in [0.1, 0.15) is 17.7 Å². The van der Waals surface area contributed by atoms with Crippen LogP contribution >= 0.6 is 11.6 Å². The predicted octanol–water partition coefficient (Wildman–Crippen LogP) is 6.49. The monoisotopic (exact) mass is 634 g/mol. The van der Waals surface area contributed by atoms with Crippen LogP contribution in [0.2, 0.25) is 5.02 Å². The Morgan fingerprint density at radius 1 is 0.955 bits per heavy atom. The number of hydrogen-bond donors (Lipinski definition) is 0. The highest BCUT2D eigenvalue weighted by Crippen LogP contribution is 2.39. The van der Waals surface area contributed by atoms with Crippen LogP contribution in [0.25, 0.3) is 33.5 Å². The van der Waals surface area contributed by atoms with Gasteiger partial charge in [-0.1, -0.05) is 35.9 Å². The van der Waals surface area contributed by atoms with E-state index in [0.717, 1.165) is 9.54 Å². The molecule has 0 aliphatic rings. The molecule has 0 aliphatic carbocycles. The van der Waals surface area contributed by atoms with E-state index in [1.807, 2.05) is 6.92 Å². The smallest absolute Gasteiger partial charge is 0.356 e. The molecule has 0 saturated carbocycles. The number of rotatable bonds is 8. The summed E-state index contributed by atoms with van der Waals surface area (Å²) in [5.74, 6) is -1.22. The van der Waals surface area contributed by atoms with Gasteiger partial charge in [-0.3, -0.25) is 9.36 Å². The van der Waals surface area contributed by atoms with Gasteiger partial charge in [-0.2, -0.15) is 0 Å². The van der Waals surface area contributed by atoms with Crippen LogP contribution in [0.4, 0.5) is 0 Å². The van der Waals surface area contributed by atoms with Gasteiger partial charge in [0.25, 0.3) is 10.0 Å². The molecule has 0 fully saturated rings. The number of benzene rings is 2. The van der Waals surface area contributed by atoms with Crippen LogP contribution in [0.5, 0.6) is 0 Å². The van der Waals surface area contributed by atoms with E-state index in [1.165, 1.54) is 18.5 Å². The van der Waals surface area contributed by atoms with E-state index in [0.29, 0.717) is 27.2 Å². The predicted molar refractivity (Wildman–Crippen MR) is 167 cm³/mol. The fraction of sp³-hybridized carbons (Fsp3) is 0.250. The number of carbonyl (C=O) groups is 2. The number of carbonyl (C=O) groups excluding carboxylic acids is 2. The Labute approximate surface area is 260 Å². The van der Waals surface area contributed by atoms with Gasteiger partial charge >= 0.3 is 11.9 Å². The van der Waals surface area contributed by atoms with Gasteiger partial charge in [-0.15, -0.1) is 0 Å². The summed E-state index contributed by atoms with van der Waals surface area (Å²) in [6.45, 7) is 8.66. The van der Waals surface area contributed by atoms with Gasteiger partial charge in [0, 0.05) is 22.2 Å². The minimum Gasteiger partial charge on any atom is -0.461 e. The van der Waals surface area contributed by atoms with Gasteiger partial charge in [0.15, 0.2) is 12.4 Å². The quantitative estimate of drug-likeness (QED) is 0.178. The van der Waals surface area contributed by atoms with Crippen LogP contribution in [0.3, 0.4) is 0 Å². The summed E-state index contributed by atoms with van der Waals surface area (Å²) in [7, 11) is -4.38. The summed E-state index contributed by atoms with van der Waals surface area (Å²) in [5.41, 5.74) is 1.49. The summed E-state index contributed by atoms with van der Waals surface area (Å²) in [6.07, 6.45) is 2.96. The van der Waals surface area contributed by atoms with Crippen molar-refractivity contribution in [3.05, 3.63) is 89.5 Å². The van der Waals surface area contributed by atoms with E-state index in [2.05, 4.69) is 9.97 Å². The first kappa shape index (κ1) is 31.0. The minimum absolute atomic E-state index is 0.0204. The topological polar surface area (TPSA) is 122 Å². The van der Waals surface area contributed by atoms with Crippen molar-refractivity contribution in [3.8, 4) is 22.5 Å². The van der Waals surface area contributed by atoms with Crippen LogP contribution in [0.1, 0.15) is 43.7 Å². The highest BCUT2D eigenvalue weighted by Gasteiger charge is 2.34. The average molecular weight is 635 g/mol. The first-order chi connectivity index (χ1) is 20.8. The molecule has 0 unspecified atom stereocenters. The second kappa shape index (κ2) is 11.9. The number of esters is 2. The van der Waals surface area contributed by atoms with Crippen molar-refractivity contribution in [2.45, 2.75) is 46.2 Å². The molecule has 0 aliphatic heterocycles. The number of fused-ring (bicyclic) bond motifs is 1. The molecule has 0 atom stereocenters. The normalized spacial score (nSPS) is 12.0. The second-order valence-electron chi connectivity index (χ2n) is 11.1. The van der Waals surface area contributed by atoms with Gasteiger partial charge in [-0.05, 0) is 82.1 Å². The highest BCUT2D eigenvalue weighted by atomic mass is 35.5. The molecule has 0 saturated heterocycles. The average Bonchev–Trinajstić information content (AvgIpc) is 3.60. The molecule has 0 spiro atoms. The number of aryl methyl sites for hydroxylation is 1. The molecule has 2 aromatic carbocycles. The van der Waals surface area contributed by atoms with E-state index in [1.54, 1.807) is 87.0 Å². The molecule has 0 bridgehead atoms. The van der Waals surface area contributed by atoms with Gasteiger partial charge in [0.2, 0.25) is 0 Å². The van der Waals surface area contributed by atoms with Gasteiger partial charge < -0.3 is 9.47 Å². The maximum absolute atomic E-state index is 14.4. The zero-order valence-electron chi connectivity index (χ0n) is 24.9. The Kier molecular flexibility index (Phi) is 8.37. The highest BCUT2D eigenvalue weighted by molar-refractivity contribution is 7.90. The number of ether oxygens (including phenoxy) is 2. The largest absolute Gasteiger partial charge is 0.461 e. The van der Waals surface area contributed by atoms with Crippen molar-refractivity contribution in [1.82, 2.24) is 18.5 Å². The molecule has 12 heteroatoms. The fourth-order valence-corrected chi connectivity index (χ4v) is 6.44. The van der Waals surface area contributed by atoms with Crippen molar-refractivity contribution in [2.75, 3.05) is 6.61 Å². The standard InChI is InChI=1S/C32H31ClN4O6S/c1-6-42-30(38)28-25(24-16-21(33)13-12-20(24)2)17-26(37(28)44(40,41)22-10-8-7-9-11-22)27-23-14-15-36(29(23)35-18-34-27)19-43-31(39)32(3,4)5/h7-18H,6,19H2,1-5H3. The molecule has 5 rings (SSSR count). The summed E-state index contributed by atoms with van der Waals surface area (Å²) < 4.78 is 42.3. The molecule has 0 N–H and O–H groups in total. The van der Waals surface area contributed by atoms with E-state index >= 15 is 0 Å². The van der Waals surface area contributed by atoms with Crippen molar-refractivity contribution in [1.29, 1.82) is 0 Å². The molecule has 228 valence electrons. The number of nitrogens with zero attached hydrogens (tertiary/aromatic N) is 4. The molecule has 44 heavy (non-hydrogen) atoms. The summed E-state index contributed by atoms with van der Waals surface area (Å²) in [4.78, 5) is 34.9. The third kappa shape index (κ3) is 5.72. The molecular formula is C32H31ClN4O6S. The third-order valence-corrected chi connectivity index (χ3v) is 8.91. The SMILES string of the molecule is CCOC(=O)c1c(-c2cc(Cl)ccc2C)cc(-c2ncnc3c2ccn3COC(=O)C(C)(C)C)n1S(=O)(=O)c1ccccc1. The number of halogens is 1. The molecule has 10 nitrogen and oxygen atoms in total. The maximum Gasteiger partial charge on any atom is 0.356 e. The number of hydrogen-bond acceptors (Lipinski definition) is 8. The van der Waals surface area contributed by atoms with E-state index < -0.39 is 27.4 Å². The lowest BCUT2D eigenvalue weighted by atomic mass is 9.98. The first-order valence-corrected chi connectivity index (χ1v) is 15.6. The van der Waals surface area contributed by atoms with Crippen LogP contribution in [0, 0.1) is 12.3 Å². The molecule has 0 amide bonds. The molecule has 3 heterocycles. The van der Waals surface area contributed by atoms with E-state index in [9.17, 15) is 18.0 Å². The Balaban J connectivity index is 1.81. The Bertz CT molecular complexity index is 1990. The molecule has 0 radical (unpaired) electrons. The lowest BCUT2D eigenvalue weighted by Gasteiger charge is -2.17. The summed E-state index contributed by atoms with van der Waals surface area (Å²) in [6, 6.07) is 16.3. The second-order valence-corrected chi connectivity index (χ2v) is 13.3. The van der Waals surface area contributed by atoms with Gasteiger partial charge in [-0.25, -0.2) is 27.2 Å². The van der Waals surface area contributed by atoms with Crippen molar-refractivity contribution >= 4 is 44.6 Å². The molecular weight excluding hydrogens is 604 g/mol. The van der Waals surface area contributed by atoms with Gasteiger partial charge in [0.05, 0.1) is 22.6 Å². The zero-order chi connectivity index (χ0) is 31.8. The van der Waals surface area contributed by atoms with Crippen LogP contribution in [0.15, 0.2) is 78.1 Å². The molecule has 5 aromatic rings. The van der Waals surface area contributed by atoms with Crippen LogP contribution < -0.4 is 0 Å². The minimum atomic E-state index is -4.38. The maximum atomic E-state index is 14.4. The lowest BCUT2D eigenvalue weighted by molar-refractivity contribution is -0.156. The van der Waals surface area contributed by atoms with E-state index in [-0.39, 0.29) is 35.3 Å². The fourth-order valence-electron chi connectivity index (χ4n) is 4.74. The van der Waals surface area contributed by atoms with Crippen LogP contribution in [-0.4, -0.2) is 45.5 Å². The Hall–Kier alpha value is -4.48. The summed E-state index contributed by atoms with van der Waals surface area (Å²) in [5, 5.41) is 0.887.